The normalized spacial score (nSPS) is 12.3. The number of aryl methyl sites for hydroxylation is 1. The van der Waals surface area contributed by atoms with Crippen molar-refractivity contribution >= 4 is 0 Å². The molecule has 0 spiro atoms. The largest absolute Gasteiger partial charge is 0.155 e. The highest BCUT2D eigenvalue weighted by Crippen LogP contribution is 2.23. The SMILES string of the molecule is CCCCCCc1ccc(-c2ccc(C(C)CCCCCC)nn2)cc1. The molecule has 0 saturated carbocycles. The van der Waals surface area contributed by atoms with E-state index < -0.39 is 0 Å². The number of nitrogens with zero attached hydrogens (tertiary/aromatic N) is 2. The second-order valence-electron chi connectivity index (χ2n) is 7.60. The van der Waals surface area contributed by atoms with Gasteiger partial charge in [0.15, 0.2) is 0 Å². The Labute approximate surface area is 160 Å². The highest BCUT2D eigenvalue weighted by Gasteiger charge is 2.08. The van der Waals surface area contributed by atoms with Gasteiger partial charge in [-0.05, 0) is 37.0 Å². The molecular formula is C24H36N2. The summed E-state index contributed by atoms with van der Waals surface area (Å²) < 4.78 is 0. The second-order valence-corrected chi connectivity index (χ2v) is 7.60. The van der Waals surface area contributed by atoms with E-state index in [-0.39, 0.29) is 0 Å². The predicted molar refractivity (Wildman–Crippen MR) is 112 cm³/mol. The van der Waals surface area contributed by atoms with E-state index in [9.17, 15) is 0 Å². The molecule has 1 atom stereocenters. The molecule has 2 aromatic rings. The number of benzene rings is 1. The van der Waals surface area contributed by atoms with Crippen molar-refractivity contribution in [1.29, 1.82) is 0 Å². The fourth-order valence-corrected chi connectivity index (χ4v) is 3.38. The van der Waals surface area contributed by atoms with Crippen LogP contribution in [-0.4, -0.2) is 10.2 Å². The van der Waals surface area contributed by atoms with E-state index in [1.165, 1.54) is 69.8 Å². The summed E-state index contributed by atoms with van der Waals surface area (Å²) in [7, 11) is 0. The van der Waals surface area contributed by atoms with Crippen LogP contribution >= 0.6 is 0 Å². The van der Waals surface area contributed by atoms with E-state index in [4.69, 9.17) is 0 Å². The molecule has 0 aliphatic rings. The van der Waals surface area contributed by atoms with Gasteiger partial charge in [-0.2, -0.15) is 10.2 Å². The lowest BCUT2D eigenvalue weighted by molar-refractivity contribution is 0.568. The molecule has 142 valence electrons. The van der Waals surface area contributed by atoms with Crippen LogP contribution in [0.2, 0.25) is 0 Å². The summed E-state index contributed by atoms with van der Waals surface area (Å²) in [6.07, 6.45) is 12.9. The van der Waals surface area contributed by atoms with Crippen molar-refractivity contribution in [1.82, 2.24) is 10.2 Å². The third-order valence-electron chi connectivity index (χ3n) is 5.25. The molecule has 0 amide bonds. The Hall–Kier alpha value is -1.70. The van der Waals surface area contributed by atoms with Crippen LogP contribution in [0.25, 0.3) is 11.3 Å². The van der Waals surface area contributed by atoms with Gasteiger partial charge in [0.1, 0.15) is 0 Å². The molecule has 0 radical (unpaired) electrons. The highest BCUT2D eigenvalue weighted by molar-refractivity contribution is 5.58. The van der Waals surface area contributed by atoms with E-state index in [1.807, 2.05) is 0 Å². The van der Waals surface area contributed by atoms with Gasteiger partial charge in [0.25, 0.3) is 0 Å². The summed E-state index contributed by atoms with van der Waals surface area (Å²) in [5.74, 6) is 0.499. The predicted octanol–water partition coefficient (Wildman–Crippen LogP) is 7.34. The first kappa shape index (κ1) is 20.6. The third-order valence-corrected chi connectivity index (χ3v) is 5.25. The zero-order chi connectivity index (χ0) is 18.6. The van der Waals surface area contributed by atoms with Gasteiger partial charge in [-0.25, -0.2) is 0 Å². The summed E-state index contributed by atoms with van der Waals surface area (Å²) in [6, 6.07) is 13.1. The summed E-state index contributed by atoms with van der Waals surface area (Å²) in [6.45, 7) is 6.78. The van der Waals surface area contributed by atoms with Gasteiger partial charge in [0.05, 0.1) is 11.4 Å². The Kier molecular flexibility index (Phi) is 9.38. The van der Waals surface area contributed by atoms with Gasteiger partial charge in [-0.15, -0.1) is 0 Å². The van der Waals surface area contributed by atoms with Crippen LogP contribution in [-0.2, 0) is 6.42 Å². The van der Waals surface area contributed by atoms with E-state index in [0.29, 0.717) is 5.92 Å². The van der Waals surface area contributed by atoms with Crippen molar-refractivity contribution in [2.45, 2.75) is 90.9 Å². The van der Waals surface area contributed by atoms with E-state index in [1.54, 1.807) is 0 Å². The molecular weight excluding hydrogens is 316 g/mol. The summed E-state index contributed by atoms with van der Waals surface area (Å²) in [4.78, 5) is 0. The fourth-order valence-electron chi connectivity index (χ4n) is 3.38. The molecule has 2 nitrogen and oxygen atoms in total. The lowest BCUT2D eigenvalue weighted by Gasteiger charge is -2.10. The molecule has 0 saturated heterocycles. The third kappa shape index (κ3) is 6.90. The van der Waals surface area contributed by atoms with Crippen LogP contribution < -0.4 is 0 Å². The topological polar surface area (TPSA) is 25.8 Å². The standard InChI is InChI=1S/C24H36N2/c1-4-6-8-10-12-20(3)23-18-19-24(26-25-23)22-16-14-21(15-17-22)13-11-9-7-5-2/h14-20H,4-13H2,1-3H3. The lowest BCUT2D eigenvalue weighted by atomic mass is 9.98. The van der Waals surface area contributed by atoms with E-state index in [0.717, 1.165) is 17.0 Å². The smallest absolute Gasteiger partial charge is 0.0929 e. The molecule has 1 unspecified atom stereocenters. The average Bonchev–Trinajstić information content (AvgIpc) is 2.69. The number of hydrogen-bond donors (Lipinski definition) is 0. The van der Waals surface area contributed by atoms with Gasteiger partial charge in [0, 0.05) is 11.5 Å². The Morgan fingerprint density at radius 2 is 1.42 bits per heavy atom. The Balaban J connectivity index is 1.87. The summed E-state index contributed by atoms with van der Waals surface area (Å²) in [5.41, 5.74) is 4.69. The quantitative estimate of drug-likeness (QED) is 0.373. The molecule has 0 aliphatic carbocycles. The van der Waals surface area contributed by atoms with Gasteiger partial charge in [-0.1, -0.05) is 90.0 Å². The molecule has 0 aliphatic heterocycles. The molecule has 0 fully saturated rings. The van der Waals surface area contributed by atoms with E-state index in [2.05, 4.69) is 67.4 Å². The van der Waals surface area contributed by atoms with E-state index >= 15 is 0 Å². The van der Waals surface area contributed by atoms with Crippen LogP contribution in [0.5, 0.6) is 0 Å². The minimum atomic E-state index is 0.499. The first-order valence-electron chi connectivity index (χ1n) is 10.7. The minimum Gasteiger partial charge on any atom is -0.155 e. The number of unbranched alkanes of at least 4 members (excludes halogenated alkanes) is 6. The van der Waals surface area contributed by atoms with Crippen molar-refractivity contribution in [2.75, 3.05) is 0 Å². The molecule has 1 heterocycles. The Morgan fingerprint density at radius 1 is 0.731 bits per heavy atom. The molecule has 2 heteroatoms. The average molecular weight is 353 g/mol. The summed E-state index contributed by atoms with van der Waals surface area (Å²) >= 11 is 0. The lowest BCUT2D eigenvalue weighted by Crippen LogP contribution is -2.00. The highest BCUT2D eigenvalue weighted by atomic mass is 15.1. The first-order valence-corrected chi connectivity index (χ1v) is 10.7. The number of hydrogen-bond acceptors (Lipinski definition) is 2. The van der Waals surface area contributed by atoms with Crippen LogP contribution in [0.1, 0.15) is 95.7 Å². The fraction of sp³-hybridized carbons (Fsp3) is 0.583. The summed E-state index contributed by atoms with van der Waals surface area (Å²) in [5, 5.41) is 8.98. The Bertz CT molecular complexity index is 601. The molecule has 2 rings (SSSR count). The molecule has 1 aromatic heterocycles. The van der Waals surface area contributed by atoms with Gasteiger partial charge in [0.2, 0.25) is 0 Å². The first-order chi connectivity index (χ1) is 12.7. The van der Waals surface area contributed by atoms with Crippen molar-refractivity contribution < 1.29 is 0 Å². The second kappa shape index (κ2) is 11.8. The molecule has 26 heavy (non-hydrogen) atoms. The van der Waals surface area contributed by atoms with Gasteiger partial charge in [-0.3, -0.25) is 0 Å². The Morgan fingerprint density at radius 3 is 2.04 bits per heavy atom. The monoisotopic (exact) mass is 352 g/mol. The zero-order valence-electron chi connectivity index (χ0n) is 17.0. The van der Waals surface area contributed by atoms with Crippen molar-refractivity contribution in [2.24, 2.45) is 0 Å². The maximum atomic E-state index is 4.50. The number of rotatable bonds is 12. The molecule has 0 bridgehead atoms. The minimum absolute atomic E-state index is 0.499. The van der Waals surface area contributed by atoms with Crippen LogP contribution in [0.4, 0.5) is 0 Å². The van der Waals surface area contributed by atoms with Crippen LogP contribution in [0.15, 0.2) is 36.4 Å². The van der Waals surface area contributed by atoms with Crippen LogP contribution in [0.3, 0.4) is 0 Å². The van der Waals surface area contributed by atoms with Gasteiger partial charge >= 0.3 is 0 Å². The van der Waals surface area contributed by atoms with Crippen molar-refractivity contribution in [3.63, 3.8) is 0 Å². The maximum Gasteiger partial charge on any atom is 0.0929 e. The molecule has 1 aromatic carbocycles. The number of aromatic nitrogens is 2. The zero-order valence-corrected chi connectivity index (χ0v) is 17.0. The van der Waals surface area contributed by atoms with Crippen molar-refractivity contribution in [3.05, 3.63) is 47.7 Å². The van der Waals surface area contributed by atoms with Crippen molar-refractivity contribution in [3.8, 4) is 11.3 Å². The maximum absolute atomic E-state index is 4.50. The molecule has 0 N–H and O–H groups in total. The van der Waals surface area contributed by atoms with Crippen LogP contribution in [0, 0.1) is 0 Å². The van der Waals surface area contributed by atoms with Gasteiger partial charge < -0.3 is 0 Å².